The van der Waals surface area contributed by atoms with Crippen molar-refractivity contribution >= 4 is 5.91 Å². The fourth-order valence-electron chi connectivity index (χ4n) is 2.76. The Morgan fingerprint density at radius 3 is 2.46 bits per heavy atom. The van der Waals surface area contributed by atoms with Crippen LogP contribution < -0.4 is 0 Å². The lowest BCUT2D eigenvalue weighted by atomic mass is 10.1. The minimum absolute atomic E-state index is 0.0367. The highest BCUT2D eigenvalue weighted by molar-refractivity contribution is 5.94. The van der Waals surface area contributed by atoms with Crippen LogP contribution in [0.25, 0.3) is 11.4 Å². The van der Waals surface area contributed by atoms with Crippen molar-refractivity contribution in [3.05, 3.63) is 71.6 Å². The highest BCUT2D eigenvalue weighted by Gasteiger charge is 2.16. The van der Waals surface area contributed by atoms with Gasteiger partial charge in [-0.25, -0.2) is 0 Å². The number of nitrogens with zero attached hydrogens (tertiary/aromatic N) is 3. The second-order valence-electron chi connectivity index (χ2n) is 6.29. The predicted octanol–water partition coefficient (Wildman–Crippen LogP) is 4.14. The lowest BCUT2D eigenvalue weighted by molar-refractivity contribution is 0.0754. The van der Waals surface area contributed by atoms with Crippen LogP contribution in [0.2, 0.25) is 0 Å². The molecule has 26 heavy (non-hydrogen) atoms. The van der Waals surface area contributed by atoms with Crippen LogP contribution in [0.15, 0.2) is 59.1 Å². The largest absolute Gasteiger partial charge is 0.339 e. The van der Waals surface area contributed by atoms with Gasteiger partial charge in [-0.2, -0.15) is 4.98 Å². The first kappa shape index (κ1) is 17.9. The standard InChI is InChI=1S/C21H23N3O2/c1-3-14-24(21(25)18-11-9-16(2)10-12-18)15-13-19-22-20(23-26-19)17-7-5-4-6-8-17/h4-12H,3,13-15H2,1-2H3. The zero-order valence-corrected chi connectivity index (χ0v) is 15.2. The first-order valence-electron chi connectivity index (χ1n) is 8.91. The van der Waals surface area contributed by atoms with Crippen molar-refractivity contribution in [2.24, 2.45) is 0 Å². The Morgan fingerprint density at radius 2 is 1.77 bits per heavy atom. The van der Waals surface area contributed by atoms with Crippen molar-refractivity contribution in [1.82, 2.24) is 15.0 Å². The number of amides is 1. The molecule has 0 spiro atoms. The maximum atomic E-state index is 12.8. The molecule has 1 aromatic heterocycles. The second kappa shape index (κ2) is 8.43. The zero-order chi connectivity index (χ0) is 18.4. The molecule has 0 aliphatic heterocycles. The molecule has 0 aliphatic rings. The predicted molar refractivity (Wildman–Crippen MR) is 101 cm³/mol. The van der Waals surface area contributed by atoms with E-state index in [1.54, 1.807) is 0 Å². The van der Waals surface area contributed by atoms with Gasteiger partial charge in [-0.05, 0) is 25.5 Å². The molecule has 134 valence electrons. The van der Waals surface area contributed by atoms with E-state index < -0.39 is 0 Å². The van der Waals surface area contributed by atoms with Gasteiger partial charge in [0.1, 0.15) is 0 Å². The summed E-state index contributed by atoms with van der Waals surface area (Å²) in [6.07, 6.45) is 1.44. The molecule has 5 nitrogen and oxygen atoms in total. The fraction of sp³-hybridized carbons (Fsp3) is 0.286. The molecule has 0 N–H and O–H groups in total. The molecule has 0 radical (unpaired) electrons. The van der Waals surface area contributed by atoms with E-state index in [-0.39, 0.29) is 5.91 Å². The average molecular weight is 349 g/mol. The zero-order valence-electron chi connectivity index (χ0n) is 15.2. The molecule has 5 heteroatoms. The molecule has 3 rings (SSSR count). The Kier molecular flexibility index (Phi) is 5.79. The van der Waals surface area contributed by atoms with E-state index in [9.17, 15) is 4.79 Å². The van der Waals surface area contributed by atoms with Crippen molar-refractivity contribution in [2.75, 3.05) is 13.1 Å². The Bertz CT molecular complexity index is 841. The van der Waals surface area contributed by atoms with E-state index in [1.165, 1.54) is 0 Å². The summed E-state index contributed by atoms with van der Waals surface area (Å²) in [7, 11) is 0. The van der Waals surface area contributed by atoms with Crippen LogP contribution in [0.1, 0.15) is 35.2 Å². The maximum Gasteiger partial charge on any atom is 0.253 e. The number of rotatable bonds is 7. The molecule has 0 unspecified atom stereocenters. The molecule has 0 fully saturated rings. The first-order chi connectivity index (χ1) is 12.7. The Labute approximate surface area is 153 Å². The molecule has 2 aromatic carbocycles. The number of hydrogen-bond donors (Lipinski definition) is 0. The molecule has 0 atom stereocenters. The van der Waals surface area contributed by atoms with Gasteiger partial charge in [0, 0.05) is 30.6 Å². The summed E-state index contributed by atoms with van der Waals surface area (Å²) in [5.41, 5.74) is 2.77. The smallest absolute Gasteiger partial charge is 0.253 e. The number of aryl methyl sites for hydroxylation is 1. The molecule has 3 aromatic rings. The topological polar surface area (TPSA) is 59.2 Å². The number of aromatic nitrogens is 2. The van der Waals surface area contributed by atoms with Gasteiger partial charge < -0.3 is 9.42 Å². The van der Waals surface area contributed by atoms with Crippen LogP contribution in [0.4, 0.5) is 0 Å². The number of hydrogen-bond acceptors (Lipinski definition) is 4. The minimum Gasteiger partial charge on any atom is -0.339 e. The molecular formula is C21H23N3O2. The average Bonchev–Trinajstić information content (AvgIpc) is 3.15. The maximum absolute atomic E-state index is 12.8. The Morgan fingerprint density at radius 1 is 1.04 bits per heavy atom. The van der Waals surface area contributed by atoms with E-state index in [4.69, 9.17) is 4.52 Å². The number of carbonyl (C=O) groups is 1. The first-order valence-corrected chi connectivity index (χ1v) is 8.91. The van der Waals surface area contributed by atoms with E-state index in [0.717, 1.165) is 17.5 Å². The second-order valence-corrected chi connectivity index (χ2v) is 6.29. The Hall–Kier alpha value is -2.95. The molecule has 0 bridgehead atoms. The summed E-state index contributed by atoms with van der Waals surface area (Å²) in [6, 6.07) is 17.4. The van der Waals surface area contributed by atoms with Crippen LogP contribution >= 0.6 is 0 Å². The number of carbonyl (C=O) groups excluding carboxylic acids is 1. The van der Waals surface area contributed by atoms with Gasteiger partial charge in [-0.1, -0.05) is 60.1 Å². The molecule has 0 saturated heterocycles. The quantitative estimate of drug-likeness (QED) is 0.643. The molecule has 1 heterocycles. The van der Waals surface area contributed by atoms with Gasteiger partial charge in [-0.15, -0.1) is 0 Å². The normalized spacial score (nSPS) is 10.7. The number of benzene rings is 2. The third-order valence-electron chi connectivity index (χ3n) is 4.17. The van der Waals surface area contributed by atoms with E-state index in [1.807, 2.05) is 66.4 Å². The fourth-order valence-corrected chi connectivity index (χ4v) is 2.76. The van der Waals surface area contributed by atoms with E-state index >= 15 is 0 Å². The molecule has 1 amide bonds. The van der Waals surface area contributed by atoms with Crippen molar-refractivity contribution < 1.29 is 9.32 Å². The van der Waals surface area contributed by atoms with Gasteiger partial charge in [-0.3, -0.25) is 4.79 Å². The summed E-state index contributed by atoms with van der Waals surface area (Å²) in [6.45, 7) is 5.33. The molecular weight excluding hydrogens is 326 g/mol. The summed E-state index contributed by atoms with van der Waals surface area (Å²) in [4.78, 5) is 19.0. The van der Waals surface area contributed by atoms with E-state index in [2.05, 4.69) is 17.1 Å². The summed E-state index contributed by atoms with van der Waals surface area (Å²) in [5.74, 6) is 1.16. The highest BCUT2D eigenvalue weighted by atomic mass is 16.5. The van der Waals surface area contributed by atoms with Gasteiger partial charge in [0.2, 0.25) is 11.7 Å². The van der Waals surface area contributed by atoms with Gasteiger partial charge in [0.25, 0.3) is 5.91 Å². The van der Waals surface area contributed by atoms with Gasteiger partial charge in [0.05, 0.1) is 0 Å². The van der Waals surface area contributed by atoms with E-state index in [0.29, 0.717) is 36.8 Å². The molecule has 0 aliphatic carbocycles. The summed E-state index contributed by atoms with van der Waals surface area (Å²) in [5, 5.41) is 4.03. The van der Waals surface area contributed by atoms with Crippen LogP contribution in [-0.4, -0.2) is 34.0 Å². The van der Waals surface area contributed by atoms with Crippen LogP contribution in [0.5, 0.6) is 0 Å². The van der Waals surface area contributed by atoms with Crippen molar-refractivity contribution in [3.63, 3.8) is 0 Å². The summed E-state index contributed by atoms with van der Waals surface area (Å²) >= 11 is 0. The van der Waals surface area contributed by atoms with Gasteiger partial charge in [0.15, 0.2) is 0 Å². The highest BCUT2D eigenvalue weighted by Crippen LogP contribution is 2.15. The summed E-state index contributed by atoms with van der Waals surface area (Å²) < 4.78 is 5.35. The lowest BCUT2D eigenvalue weighted by Crippen LogP contribution is -2.33. The van der Waals surface area contributed by atoms with Crippen LogP contribution in [0, 0.1) is 6.92 Å². The SMILES string of the molecule is CCCN(CCc1nc(-c2ccccc2)no1)C(=O)c1ccc(C)cc1. The lowest BCUT2D eigenvalue weighted by Gasteiger charge is -2.21. The third-order valence-corrected chi connectivity index (χ3v) is 4.17. The molecule has 0 saturated carbocycles. The van der Waals surface area contributed by atoms with Gasteiger partial charge >= 0.3 is 0 Å². The Balaban J connectivity index is 1.66. The van der Waals surface area contributed by atoms with Crippen molar-refractivity contribution in [1.29, 1.82) is 0 Å². The van der Waals surface area contributed by atoms with Crippen molar-refractivity contribution in [3.8, 4) is 11.4 Å². The van der Waals surface area contributed by atoms with Crippen LogP contribution in [0.3, 0.4) is 0 Å². The minimum atomic E-state index is 0.0367. The third kappa shape index (κ3) is 4.36. The van der Waals surface area contributed by atoms with Crippen molar-refractivity contribution in [2.45, 2.75) is 26.7 Å². The van der Waals surface area contributed by atoms with Crippen LogP contribution in [-0.2, 0) is 6.42 Å². The monoisotopic (exact) mass is 349 g/mol.